The Balaban J connectivity index is 1.57. The van der Waals surface area contributed by atoms with Gasteiger partial charge in [0.15, 0.2) is 0 Å². The number of likely N-dealkylation sites (tertiary alicyclic amines) is 1. The first-order valence-corrected chi connectivity index (χ1v) is 10.4. The highest BCUT2D eigenvalue weighted by molar-refractivity contribution is 7.09. The topological polar surface area (TPSA) is 71.5 Å². The van der Waals surface area contributed by atoms with Gasteiger partial charge in [-0.15, -0.1) is 11.3 Å². The number of rotatable bonds is 5. The van der Waals surface area contributed by atoms with Crippen molar-refractivity contribution in [2.45, 2.75) is 57.6 Å². The molecule has 2 heterocycles. The number of carbonyl (C=O) groups is 2. The number of hydrogen-bond acceptors (Lipinski definition) is 5. The van der Waals surface area contributed by atoms with Gasteiger partial charge >= 0.3 is 0 Å². The second kappa shape index (κ2) is 8.95. The molecule has 0 radical (unpaired) electrons. The van der Waals surface area contributed by atoms with Crippen LogP contribution in [0, 0.1) is 11.8 Å². The van der Waals surface area contributed by atoms with E-state index in [1.54, 1.807) is 31.6 Å². The molecule has 0 spiro atoms. The molecular formula is C19H29N3O3S. The number of piperidine rings is 1. The minimum absolute atomic E-state index is 0.0310. The van der Waals surface area contributed by atoms with Crippen molar-refractivity contribution in [3.63, 3.8) is 0 Å². The lowest BCUT2D eigenvalue weighted by atomic mass is 9.84. The van der Waals surface area contributed by atoms with Gasteiger partial charge in [-0.2, -0.15) is 0 Å². The number of aromatic nitrogens is 1. The quantitative estimate of drug-likeness (QED) is 0.854. The van der Waals surface area contributed by atoms with Gasteiger partial charge < -0.3 is 15.0 Å². The van der Waals surface area contributed by atoms with Crippen molar-refractivity contribution < 1.29 is 14.3 Å². The lowest BCUT2D eigenvalue weighted by molar-refractivity contribution is -0.140. The standard InChI is InChI=1S/C19H29N3O3S/c1-13(23)21-17(18-20-8-11-26-18)14-6-9-22(10-7-14)19(24)15-4-3-5-16(12-15)25-2/h8,11,14-17H,3-7,9-10,12H2,1-2H3,(H,21,23). The third kappa shape index (κ3) is 4.62. The van der Waals surface area contributed by atoms with Crippen LogP contribution in [0.3, 0.4) is 0 Å². The highest BCUT2D eigenvalue weighted by Crippen LogP contribution is 2.34. The Hall–Kier alpha value is -1.47. The summed E-state index contributed by atoms with van der Waals surface area (Å²) in [5.74, 6) is 0.689. The molecule has 1 aliphatic carbocycles. The van der Waals surface area contributed by atoms with Crippen LogP contribution >= 0.6 is 11.3 Å². The van der Waals surface area contributed by atoms with Crippen LogP contribution in [0.1, 0.15) is 56.5 Å². The molecule has 1 aromatic heterocycles. The summed E-state index contributed by atoms with van der Waals surface area (Å²) in [5.41, 5.74) is 0. The van der Waals surface area contributed by atoms with Crippen molar-refractivity contribution in [3.8, 4) is 0 Å². The second-order valence-corrected chi connectivity index (χ2v) is 8.36. The Morgan fingerprint density at radius 2 is 2.08 bits per heavy atom. The highest BCUT2D eigenvalue weighted by atomic mass is 32.1. The monoisotopic (exact) mass is 379 g/mol. The van der Waals surface area contributed by atoms with E-state index in [2.05, 4.69) is 10.3 Å². The van der Waals surface area contributed by atoms with Crippen LogP contribution in [0.25, 0.3) is 0 Å². The van der Waals surface area contributed by atoms with Gasteiger partial charge in [-0.05, 0) is 38.0 Å². The summed E-state index contributed by atoms with van der Waals surface area (Å²) >= 11 is 1.58. The Kier molecular flexibility index (Phi) is 6.64. The first-order valence-electron chi connectivity index (χ1n) is 9.56. The van der Waals surface area contributed by atoms with E-state index in [-0.39, 0.29) is 29.9 Å². The van der Waals surface area contributed by atoms with Crippen molar-refractivity contribution in [1.29, 1.82) is 0 Å². The fraction of sp³-hybridized carbons (Fsp3) is 0.737. The van der Waals surface area contributed by atoms with Gasteiger partial charge in [0.1, 0.15) is 5.01 Å². The van der Waals surface area contributed by atoms with Gasteiger partial charge in [-0.1, -0.05) is 6.42 Å². The van der Waals surface area contributed by atoms with Crippen molar-refractivity contribution in [1.82, 2.24) is 15.2 Å². The van der Waals surface area contributed by atoms with Gasteiger partial charge in [0, 0.05) is 44.6 Å². The number of amides is 2. The first-order chi connectivity index (χ1) is 12.6. The van der Waals surface area contributed by atoms with E-state index in [1.165, 1.54) is 0 Å². The number of hydrogen-bond donors (Lipinski definition) is 1. The summed E-state index contributed by atoms with van der Waals surface area (Å²) < 4.78 is 5.47. The van der Waals surface area contributed by atoms with Crippen LogP contribution in [0.15, 0.2) is 11.6 Å². The first kappa shape index (κ1) is 19.3. The Bertz CT molecular complexity index is 599. The number of ether oxygens (including phenoxy) is 1. The zero-order chi connectivity index (χ0) is 18.5. The molecule has 7 heteroatoms. The molecule has 0 bridgehead atoms. The molecule has 2 fully saturated rings. The van der Waals surface area contributed by atoms with Crippen LogP contribution in [-0.2, 0) is 14.3 Å². The largest absolute Gasteiger partial charge is 0.381 e. The average Bonchev–Trinajstić information content (AvgIpc) is 3.20. The van der Waals surface area contributed by atoms with Crippen molar-refractivity contribution in [3.05, 3.63) is 16.6 Å². The Morgan fingerprint density at radius 3 is 2.69 bits per heavy atom. The van der Waals surface area contributed by atoms with Gasteiger partial charge in [-0.3, -0.25) is 9.59 Å². The molecule has 26 heavy (non-hydrogen) atoms. The van der Waals surface area contributed by atoms with Crippen LogP contribution < -0.4 is 5.32 Å². The molecule has 1 saturated carbocycles. The van der Waals surface area contributed by atoms with Crippen molar-refractivity contribution >= 4 is 23.2 Å². The predicted molar refractivity (Wildman–Crippen MR) is 101 cm³/mol. The van der Waals surface area contributed by atoms with Gasteiger partial charge in [0.05, 0.1) is 12.1 Å². The van der Waals surface area contributed by atoms with E-state index in [4.69, 9.17) is 4.74 Å². The molecule has 3 unspecified atom stereocenters. The number of methoxy groups -OCH3 is 1. The fourth-order valence-corrected chi connectivity index (χ4v) is 5.06. The SMILES string of the molecule is COC1CCCC(C(=O)N2CCC(C(NC(C)=O)c3nccs3)CC2)C1. The molecule has 1 aromatic rings. The molecule has 1 N–H and O–H groups in total. The molecule has 1 saturated heterocycles. The molecule has 2 amide bonds. The molecule has 144 valence electrons. The fourth-order valence-electron chi connectivity index (χ4n) is 4.28. The lowest BCUT2D eigenvalue weighted by Crippen LogP contribution is -2.45. The van der Waals surface area contributed by atoms with E-state index in [0.29, 0.717) is 5.92 Å². The Labute approximate surface area is 159 Å². The maximum absolute atomic E-state index is 12.9. The number of nitrogens with one attached hydrogen (secondary N) is 1. The van der Waals surface area contributed by atoms with E-state index < -0.39 is 0 Å². The second-order valence-electron chi connectivity index (χ2n) is 7.43. The summed E-state index contributed by atoms with van der Waals surface area (Å²) in [6.45, 7) is 3.08. The van der Waals surface area contributed by atoms with Crippen LogP contribution in [0.2, 0.25) is 0 Å². The average molecular weight is 380 g/mol. The molecule has 2 aliphatic rings. The van der Waals surface area contributed by atoms with Crippen LogP contribution in [0.5, 0.6) is 0 Å². The summed E-state index contributed by atoms with van der Waals surface area (Å²) in [6, 6.07) is -0.0442. The van der Waals surface area contributed by atoms with Crippen LogP contribution in [0.4, 0.5) is 0 Å². The summed E-state index contributed by atoms with van der Waals surface area (Å²) in [7, 11) is 1.74. The van der Waals surface area contributed by atoms with Crippen molar-refractivity contribution in [2.75, 3.05) is 20.2 Å². The number of nitrogens with zero attached hydrogens (tertiary/aromatic N) is 2. The molecule has 6 nitrogen and oxygen atoms in total. The molecule has 0 aromatic carbocycles. The molecule has 3 atom stereocenters. The van der Waals surface area contributed by atoms with Crippen LogP contribution in [-0.4, -0.2) is 48.0 Å². The van der Waals surface area contributed by atoms with E-state index in [1.807, 2.05) is 10.3 Å². The molecule has 1 aliphatic heterocycles. The molecule has 3 rings (SSSR count). The summed E-state index contributed by atoms with van der Waals surface area (Å²) in [5, 5.41) is 5.96. The minimum Gasteiger partial charge on any atom is -0.381 e. The molecular weight excluding hydrogens is 350 g/mol. The maximum atomic E-state index is 12.9. The van der Waals surface area contributed by atoms with E-state index in [9.17, 15) is 9.59 Å². The van der Waals surface area contributed by atoms with Gasteiger partial charge in [0.2, 0.25) is 11.8 Å². The summed E-state index contributed by atoms with van der Waals surface area (Å²) in [4.78, 5) is 30.9. The maximum Gasteiger partial charge on any atom is 0.225 e. The lowest BCUT2D eigenvalue weighted by Gasteiger charge is -2.38. The van der Waals surface area contributed by atoms with E-state index >= 15 is 0 Å². The number of carbonyl (C=O) groups excluding carboxylic acids is 2. The smallest absolute Gasteiger partial charge is 0.225 e. The normalized spacial score (nSPS) is 25.7. The van der Waals surface area contributed by atoms with E-state index in [0.717, 1.165) is 56.6 Å². The number of thiazole rings is 1. The zero-order valence-electron chi connectivity index (χ0n) is 15.6. The Morgan fingerprint density at radius 1 is 1.31 bits per heavy atom. The third-order valence-corrected chi connectivity index (χ3v) is 6.57. The van der Waals surface area contributed by atoms with Crippen molar-refractivity contribution in [2.24, 2.45) is 11.8 Å². The third-order valence-electron chi connectivity index (χ3n) is 5.71. The zero-order valence-corrected chi connectivity index (χ0v) is 16.5. The summed E-state index contributed by atoms with van der Waals surface area (Å²) in [6.07, 6.45) is 7.77. The minimum atomic E-state index is -0.0442. The predicted octanol–water partition coefficient (Wildman–Crippen LogP) is 2.76. The highest BCUT2D eigenvalue weighted by Gasteiger charge is 2.35. The van der Waals surface area contributed by atoms with Gasteiger partial charge in [0.25, 0.3) is 0 Å². The van der Waals surface area contributed by atoms with Gasteiger partial charge in [-0.25, -0.2) is 4.98 Å².